The molecule has 0 atom stereocenters. The van der Waals surface area contributed by atoms with E-state index in [0.29, 0.717) is 0 Å². The van der Waals surface area contributed by atoms with Crippen molar-refractivity contribution in [1.82, 2.24) is 0 Å². The van der Waals surface area contributed by atoms with E-state index in [9.17, 15) is 0 Å². The van der Waals surface area contributed by atoms with Gasteiger partial charge in [-0.15, -0.1) is 0 Å². The maximum atomic E-state index is 2.38. The maximum absolute atomic E-state index is 2.38. The number of hydrogen-bond acceptors (Lipinski definition) is 1. The number of fused-ring (bicyclic) bond motifs is 6. The summed E-state index contributed by atoms with van der Waals surface area (Å²) < 4.78 is 0. The summed E-state index contributed by atoms with van der Waals surface area (Å²) in [6.45, 7) is 4.27. The summed E-state index contributed by atoms with van der Waals surface area (Å²) in [7, 11) is 0. The lowest BCUT2D eigenvalue weighted by Crippen LogP contribution is -2.10. The predicted octanol–water partition coefficient (Wildman–Crippen LogP) is 11.4. The zero-order chi connectivity index (χ0) is 27.5. The van der Waals surface area contributed by atoms with Crippen LogP contribution in [0.1, 0.15) is 11.1 Å². The molecule has 1 aliphatic rings. The fourth-order valence-electron chi connectivity index (χ4n) is 6.20. The molecule has 194 valence electrons. The van der Waals surface area contributed by atoms with Crippen LogP contribution in [0, 0.1) is 13.8 Å². The molecule has 0 heterocycles. The largest absolute Gasteiger partial charge is 0.310 e. The Morgan fingerprint density at radius 2 is 0.805 bits per heavy atom. The van der Waals surface area contributed by atoms with Gasteiger partial charge < -0.3 is 4.90 Å². The third kappa shape index (κ3) is 4.01. The van der Waals surface area contributed by atoms with Gasteiger partial charge >= 0.3 is 0 Å². The lowest BCUT2D eigenvalue weighted by molar-refractivity contribution is 1.27. The standard InChI is InChI=1S/C40H29N/c1-26-8-15-34(16-9-26)41(35-17-10-27(2)11-18-35)36-19-14-31-23-38-39-24-32-20-29(28-6-4-3-5-7-28)12-13-30(32)22-37(39)40(38)25-33(31)21-36/h3-25H,1-2H3. The Kier molecular flexibility index (Phi) is 5.33. The van der Waals surface area contributed by atoms with Gasteiger partial charge in [0.05, 0.1) is 0 Å². The van der Waals surface area contributed by atoms with Gasteiger partial charge in [-0.1, -0.05) is 83.9 Å². The van der Waals surface area contributed by atoms with Crippen LogP contribution in [-0.4, -0.2) is 0 Å². The van der Waals surface area contributed by atoms with E-state index in [2.05, 4.69) is 158 Å². The van der Waals surface area contributed by atoms with E-state index in [1.807, 2.05) is 0 Å². The van der Waals surface area contributed by atoms with Crippen LogP contribution in [-0.2, 0) is 0 Å². The molecule has 0 saturated carbocycles. The molecule has 0 fully saturated rings. The van der Waals surface area contributed by atoms with Crippen LogP contribution in [0.3, 0.4) is 0 Å². The summed E-state index contributed by atoms with van der Waals surface area (Å²) in [6, 6.07) is 51.4. The van der Waals surface area contributed by atoms with E-state index in [1.165, 1.54) is 66.1 Å². The molecule has 0 aliphatic heterocycles. The fraction of sp³-hybridized carbons (Fsp3) is 0.0500. The number of benzene rings is 7. The SMILES string of the molecule is Cc1ccc(N(c2ccc(C)cc2)c2ccc3cc4c(cc3c2)-c2cc3ccc(-c5ccccc5)cc3cc2-4)cc1. The average Bonchev–Trinajstić information content (AvgIpc) is 3.01. The second kappa shape index (κ2) is 9.21. The minimum absolute atomic E-state index is 1.16. The summed E-state index contributed by atoms with van der Waals surface area (Å²) in [4.78, 5) is 2.35. The lowest BCUT2D eigenvalue weighted by Gasteiger charge is -2.28. The van der Waals surface area contributed by atoms with Crippen molar-refractivity contribution < 1.29 is 0 Å². The zero-order valence-corrected chi connectivity index (χ0v) is 23.2. The lowest BCUT2D eigenvalue weighted by atomic mass is 9.77. The van der Waals surface area contributed by atoms with Gasteiger partial charge in [0.25, 0.3) is 0 Å². The van der Waals surface area contributed by atoms with Crippen molar-refractivity contribution in [2.75, 3.05) is 4.90 Å². The van der Waals surface area contributed by atoms with Crippen molar-refractivity contribution in [1.29, 1.82) is 0 Å². The van der Waals surface area contributed by atoms with E-state index < -0.39 is 0 Å². The zero-order valence-electron chi connectivity index (χ0n) is 23.2. The number of anilines is 3. The molecule has 0 radical (unpaired) electrons. The summed E-state index contributed by atoms with van der Waals surface area (Å²) in [5.74, 6) is 0. The van der Waals surface area contributed by atoms with Gasteiger partial charge in [0.15, 0.2) is 0 Å². The topological polar surface area (TPSA) is 3.24 Å². The van der Waals surface area contributed by atoms with E-state index >= 15 is 0 Å². The van der Waals surface area contributed by atoms with Gasteiger partial charge in [0.1, 0.15) is 0 Å². The molecule has 41 heavy (non-hydrogen) atoms. The molecule has 0 amide bonds. The normalized spacial score (nSPS) is 11.7. The second-order valence-electron chi connectivity index (χ2n) is 11.3. The van der Waals surface area contributed by atoms with Gasteiger partial charge in [-0.2, -0.15) is 0 Å². The maximum Gasteiger partial charge on any atom is 0.0468 e. The van der Waals surface area contributed by atoms with E-state index in [-0.39, 0.29) is 0 Å². The Morgan fingerprint density at radius 1 is 0.341 bits per heavy atom. The van der Waals surface area contributed by atoms with Crippen molar-refractivity contribution in [3.63, 3.8) is 0 Å². The molecule has 0 N–H and O–H groups in total. The highest BCUT2D eigenvalue weighted by Crippen LogP contribution is 2.51. The highest BCUT2D eigenvalue weighted by molar-refractivity contribution is 6.12. The number of nitrogens with zero attached hydrogens (tertiary/aromatic N) is 1. The fourth-order valence-corrected chi connectivity index (χ4v) is 6.20. The Morgan fingerprint density at radius 3 is 1.37 bits per heavy atom. The molecule has 7 aromatic carbocycles. The van der Waals surface area contributed by atoms with Crippen LogP contribution >= 0.6 is 0 Å². The van der Waals surface area contributed by atoms with Crippen molar-refractivity contribution in [2.24, 2.45) is 0 Å². The summed E-state index contributed by atoms with van der Waals surface area (Å²) >= 11 is 0. The summed E-state index contributed by atoms with van der Waals surface area (Å²) in [6.07, 6.45) is 0. The predicted molar refractivity (Wildman–Crippen MR) is 175 cm³/mol. The van der Waals surface area contributed by atoms with Gasteiger partial charge in [-0.25, -0.2) is 0 Å². The molecule has 1 aliphatic carbocycles. The van der Waals surface area contributed by atoms with Crippen LogP contribution in [0.2, 0.25) is 0 Å². The van der Waals surface area contributed by atoms with Crippen molar-refractivity contribution in [3.05, 3.63) is 151 Å². The molecule has 1 nitrogen and oxygen atoms in total. The van der Waals surface area contributed by atoms with Gasteiger partial charge in [-0.05, 0) is 136 Å². The second-order valence-corrected chi connectivity index (χ2v) is 11.3. The molecule has 1 heteroatoms. The van der Waals surface area contributed by atoms with Crippen molar-refractivity contribution >= 4 is 38.6 Å². The quantitative estimate of drug-likeness (QED) is 0.222. The Balaban J connectivity index is 1.21. The molecule has 8 rings (SSSR count). The molecule has 0 saturated heterocycles. The minimum Gasteiger partial charge on any atom is -0.310 e. The van der Waals surface area contributed by atoms with Gasteiger partial charge in [0, 0.05) is 17.1 Å². The Labute approximate surface area is 241 Å². The first-order chi connectivity index (χ1) is 20.1. The Bertz CT molecular complexity index is 2040. The third-order valence-corrected chi connectivity index (χ3v) is 8.47. The first-order valence-electron chi connectivity index (χ1n) is 14.3. The monoisotopic (exact) mass is 523 g/mol. The summed E-state index contributed by atoms with van der Waals surface area (Å²) in [5, 5.41) is 5.10. The number of hydrogen-bond donors (Lipinski definition) is 0. The smallest absolute Gasteiger partial charge is 0.0468 e. The molecule has 0 unspecified atom stereocenters. The first-order valence-corrected chi connectivity index (χ1v) is 14.3. The van der Waals surface area contributed by atoms with E-state index in [4.69, 9.17) is 0 Å². The number of aryl methyl sites for hydroxylation is 2. The average molecular weight is 524 g/mol. The van der Waals surface area contributed by atoms with Crippen LogP contribution < -0.4 is 4.90 Å². The first kappa shape index (κ1) is 23.7. The summed E-state index contributed by atoms with van der Waals surface area (Å²) in [5.41, 5.74) is 13.9. The van der Waals surface area contributed by atoms with Crippen LogP contribution in [0.5, 0.6) is 0 Å². The van der Waals surface area contributed by atoms with Crippen molar-refractivity contribution in [2.45, 2.75) is 13.8 Å². The Hall–Kier alpha value is -5.14. The van der Waals surface area contributed by atoms with Crippen LogP contribution in [0.25, 0.3) is 54.9 Å². The molecular formula is C40H29N. The van der Waals surface area contributed by atoms with Crippen LogP contribution in [0.15, 0.2) is 140 Å². The highest BCUT2D eigenvalue weighted by atomic mass is 15.1. The minimum atomic E-state index is 1.16. The number of rotatable bonds is 4. The van der Waals surface area contributed by atoms with Crippen LogP contribution in [0.4, 0.5) is 17.1 Å². The third-order valence-electron chi connectivity index (χ3n) is 8.47. The van der Waals surface area contributed by atoms with E-state index in [0.717, 1.165) is 17.1 Å². The molecule has 0 aromatic heterocycles. The van der Waals surface area contributed by atoms with Gasteiger partial charge in [-0.3, -0.25) is 0 Å². The van der Waals surface area contributed by atoms with Crippen molar-refractivity contribution in [3.8, 4) is 33.4 Å². The van der Waals surface area contributed by atoms with E-state index in [1.54, 1.807) is 0 Å². The molecular weight excluding hydrogens is 494 g/mol. The molecule has 0 bridgehead atoms. The molecule has 7 aromatic rings. The molecule has 0 spiro atoms. The van der Waals surface area contributed by atoms with Gasteiger partial charge in [0.2, 0.25) is 0 Å². The highest BCUT2D eigenvalue weighted by Gasteiger charge is 2.24.